The molecule has 1 aromatic rings. The summed E-state index contributed by atoms with van der Waals surface area (Å²) in [6, 6.07) is 3.67. The van der Waals surface area contributed by atoms with Crippen LogP contribution in [0.2, 0.25) is 0 Å². The number of likely N-dealkylation sites (tertiary alicyclic amines) is 1. The highest BCUT2D eigenvalue weighted by atomic mass is 16.4. The Morgan fingerprint density at radius 3 is 2.50 bits per heavy atom. The summed E-state index contributed by atoms with van der Waals surface area (Å²) < 4.78 is 0. The largest absolute Gasteiger partial charge is 0.481 e. The maximum atomic E-state index is 12.4. The number of carbonyl (C=O) groups is 2. The van der Waals surface area contributed by atoms with Gasteiger partial charge < -0.3 is 10.0 Å². The summed E-state index contributed by atoms with van der Waals surface area (Å²) in [4.78, 5) is 29.2. The average Bonchev–Trinajstić information content (AvgIpc) is 2.38. The van der Waals surface area contributed by atoms with Gasteiger partial charge in [0.2, 0.25) is 0 Å². The third-order valence-electron chi connectivity index (χ3n) is 3.82. The normalized spacial score (nSPS) is 16.2. The SMILES string of the molecule is Cc1ccc(C(=O)N2CCC(CC(=O)O)CC2)c(C)n1. The van der Waals surface area contributed by atoms with Crippen molar-refractivity contribution in [1.82, 2.24) is 9.88 Å². The van der Waals surface area contributed by atoms with Crippen molar-refractivity contribution in [3.05, 3.63) is 29.1 Å². The molecule has 5 nitrogen and oxygen atoms in total. The fourth-order valence-corrected chi connectivity index (χ4v) is 2.67. The first-order valence-corrected chi connectivity index (χ1v) is 6.92. The lowest BCUT2D eigenvalue weighted by Crippen LogP contribution is -2.39. The number of carboxylic acid groups (broad SMARTS) is 1. The lowest BCUT2D eigenvalue weighted by atomic mass is 9.93. The van der Waals surface area contributed by atoms with Gasteiger partial charge in [0.15, 0.2) is 0 Å². The highest BCUT2D eigenvalue weighted by Crippen LogP contribution is 2.22. The molecule has 20 heavy (non-hydrogen) atoms. The van der Waals surface area contributed by atoms with E-state index >= 15 is 0 Å². The molecule has 108 valence electrons. The second kappa shape index (κ2) is 6.03. The van der Waals surface area contributed by atoms with Crippen LogP contribution in [-0.4, -0.2) is 40.0 Å². The number of rotatable bonds is 3. The van der Waals surface area contributed by atoms with Crippen molar-refractivity contribution in [2.75, 3.05) is 13.1 Å². The van der Waals surface area contributed by atoms with Crippen molar-refractivity contribution in [3.8, 4) is 0 Å². The molecular formula is C15H20N2O3. The van der Waals surface area contributed by atoms with Gasteiger partial charge in [-0.15, -0.1) is 0 Å². The van der Waals surface area contributed by atoms with Crippen LogP contribution in [0.4, 0.5) is 0 Å². The summed E-state index contributed by atoms with van der Waals surface area (Å²) >= 11 is 0. The Morgan fingerprint density at radius 1 is 1.30 bits per heavy atom. The number of hydrogen-bond donors (Lipinski definition) is 1. The summed E-state index contributed by atoms with van der Waals surface area (Å²) in [6.07, 6.45) is 1.72. The van der Waals surface area contributed by atoms with E-state index in [0.29, 0.717) is 18.7 Å². The van der Waals surface area contributed by atoms with Gasteiger partial charge in [-0.25, -0.2) is 0 Å². The molecule has 5 heteroatoms. The Labute approximate surface area is 118 Å². The number of aryl methyl sites for hydroxylation is 2. The van der Waals surface area contributed by atoms with Gasteiger partial charge in [0.25, 0.3) is 5.91 Å². The maximum absolute atomic E-state index is 12.4. The first-order chi connectivity index (χ1) is 9.47. The van der Waals surface area contributed by atoms with Crippen LogP contribution in [0.25, 0.3) is 0 Å². The summed E-state index contributed by atoms with van der Waals surface area (Å²) in [6.45, 7) is 5.00. The first kappa shape index (κ1) is 14.5. The van der Waals surface area contributed by atoms with Crippen LogP contribution >= 0.6 is 0 Å². The fraction of sp³-hybridized carbons (Fsp3) is 0.533. The molecule has 2 rings (SSSR count). The van der Waals surface area contributed by atoms with Crippen LogP contribution in [-0.2, 0) is 4.79 Å². The molecule has 1 aliphatic rings. The van der Waals surface area contributed by atoms with E-state index in [2.05, 4.69) is 4.98 Å². The zero-order chi connectivity index (χ0) is 14.7. The van der Waals surface area contributed by atoms with E-state index in [4.69, 9.17) is 5.11 Å². The van der Waals surface area contributed by atoms with Crippen LogP contribution < -0.4 is 0 Å². The second-order valence-electron chi connectivity index (χ2n) is 5.42. The van der Waals surface area contributed by atoms with Gasteiger partial charge in [0.1, 0.15) is 0 Å². The molecule has 1 saturated heterocycles. The number of amides is 1. The molecule has 0 saturated carbocycles. The van der Waals surface area contributed by atoms with Crippen LogP contribution in [0, 0.1) is 19.8 Å². The molecule has 2 heterocycles. The summed E-state index contributed by atoms with van der Waals surface area (Å²) in [5, 5.41) is 8.79. The molecule has 0 aliphatic carbocycles. The maximum Gasteiger partial charge on any atom is 0.303 e. The third kappa shape index (κ3) is 3.35. The van der Waals surface area contributed by atoms with Gasteiger partial charge in [0, 0.05) is 25.2 Å². The minimum Gasteiger partial charge on any atom is -0.481 e. The third-order valence-corrected chi connectivity index (χ3v) is 3.82. The Bertz CT molecular complexity index is 520. The van der Waals surface area contributed by atoms with Crippen LogP contribution in [0.15, 0.2) is 12.1 Å². The number of aliphatic carboxylic acids is 1. The number of aromatic nitrogens is 1. The van der Waals surface area contributed by atoms with Crippen molar-refractivity contribution >= 4 is 11.9 Å². The van der Waals surface area contributed by atoms with E-state index in [-0.39, 0.29) is 18.2 Å². The summed E-state index contributed by atoms with van der Waals surface area (Å²) in [5.74, 6) is -0.564. The van der Waals surface area contributed by atoms with Crippen LogP contribution in [0.3, 0.4) is 0 Å². The lowest BCUT2D eigenvalue weighted by Gasteiger charge is -2.31. The topological polar surface area (TPSA) is 70.5 Å². The summed E-state index contributed by atoms with van der Waals surface area (Å²) in [7, 11) is 0. The highest BCUT2D eigenvalue weighted by Gasteiger charge is 2.25. The molecule has 0 radical (unpaired) electrons. The number of carbonyl (C=O) groups excluding carboxylic acids is 1. The predicted octanol–water partition coefficient (Wildman–Crippen LogP) is 2.03. The number of piperidine rings is 1. The smallest absolute Gasteiger partial charge is 0.303 e. The van der Waals surface area contributed by atoms with E-state index < -0.39 is 5.97 Å². The average molecular weight is 276 g/mol. The fourth-order valence-electron chi connectivity index (χ4n) is 2.67. The van der Waals surface area contributed by atoms with E-state index in [9.17, 15) is 9.59 Å². The Balaban J connectivity index is 1.99. The second-order valence-corrected chi connectivity index (χ2v) is 5.42. The molecule has 0 aromatic carbocycles. The van der Waals surface area contributed by atoms with Gasteiger partial charge in [-0.2, -0.15) is 0 Å². The highest BCUT2D eigenvalue weighted by molar-refractivity contribution is 5.95. The Hall–Kier alpha value is -1.91. The number of nitrogens with zero attached hydrogens (tertiary/aromatic N) is 2. The van der Waals surface area contributed by atoms with Gasteiger partial charge in [-0.3, -0.25) is 14.6 Å². The molecule has 0 spiro atoms. The monoisotopic (exact) mass is 276 g/mol. The van der Waals surface area contributed by atoms with E-state index in [1.165, 1.54) is 0 Å². The van der Waals surface area contributed by atoms with Crippen molar-refractivity contribution in [2.24, 2.45) is 5.92 Å². The number of pyridine rings is 1. The molecule has 1 aromatic heterocycles. The molecule has 0 bridgehead atoms. The van der Waals surface area contributed by atoms with E-state index in [1.807, 2.05) is 26.0 Å². The molecule has 0 atom stereocenters. The standard InChI is InChI=1S/C15H20N2O3/c1-10-3-4-13(11(2)16-10)15(20)17-7-5-12(6-8-17)9-14(18)19/h3-4,12H,5-9H2,1-2H3,(H,18,19). The van der Waals surface area contributed by atoms with Crippen LogP contribution in [0.1, 0.15) is 41.0 Å². The molecule has 1 N–H and O–H groups in total. The molecule has 0 unspecified atom stereocenters. The Morgan fingerprint density at radius 2 is 1.95 bits per heavy atom. The van der Waals surface area contributed by atoms with Gasteiger partial charge in [-0.05, 0) is 44.7 Å². The van der Waals surface area contributed by atoms with Crippen molar-refractivity contribution in [2.45, 2.75) is 33.1 Å². The zero-order valence-electron chi connectivity index (χ0n) is 11.9. The van der Waals surface area contributed by atoms with Crippen LogP contribution in [0.5, 0.6) is 0 Å². The van der Waals surface area contributed by atoms with E-state index in [1.54, 1.807) is 4.90 Å². The minimum atomic E-state index is -0.756. The van der Waals surface area contributed by atoms with Crippen molar-refractivity contribution in [1.29, 1.82) is 0 Å². The van der Waals surface area contributed by atoms with Crippen molar-refractivity contribution < 1.29 is 14.7 Å². The minimum absolute atomic E-state index is 0.00350. The van der Waals surface area contributed by atoms with Gasteiger partial charge >= 0.3 is 5.97 Å². The Kier molecular flexibility index (Phi) is 4.37. The number of hydrogen-bond acceptors (Lipinski definition) is 3. The predicted molar refractivity (Wildman–Crippen MR) is 74.6 cm³/mol. The molecular weight excluding hydrogens is 256 g/mol. The van der Waals surface area contributed by atoms with Gasteiger partial charge in [-0.1, -0.05) is 0 Å². The van der Waals surface area contributed by atoms with E-state index in [0.717, 1.165) is 24.2 Å². The van der Waals surface area contributed by atoms with Crippen molar-refractivity contribution in [3.63, 3.8) is 0 Å². The molecule has 1 amide bonds. The van der Waals surface area contributed by atoms with Gasteiger partial charge in [0.05, 0.1) is 11.3 Å². The lowest BCUT2D eigenvalue weighted by molar-refractivity contribution is -0.138. The number of carboxylic acids is 1. The molecule has 1 aliphatic heterocycles. The summed E-state index contributed by atoms with van der Waals surface area (Å²) in [5.41, 5.74) is 2.30. The quantitative estimate of drug-likeness (QED) is 0.917. The zero-order valence-corrected chi connectivity index (χ0v) is 11.9. The molecule has 1 fully saturated rings. The first-order valence-electron chi connectivity index (χ1n) is 6.92.